The molecule has 0 saturated carbocycles. The highest BCUT2D eigenvalue weighted by molar-refractivity contribution is 7.97. The molecule has 0 radical (unpaired) electrons. The highest BCUT2D eigenvalue weighted by Crippen LogP contribution is 2.14. The van der Waals surface area contributed by atoms with Gasteiger partial charge in [0.05, 0.1) is 0 Å². The van der Waals surface area contributed by atoms with Gasteiger partial charge in [0, 0.05) is 5.56 Å². The summed E-state index contributed by atoms with van der Waals surface area (Å²) in [5.41, 5.74) is 0.885. The number of ketones is 1. The second-order valence-corrected chi connectivity index (χ2v) is 11.3. The standard InChI is InChI=1S/C28H49OS/c1-3-5-6-7-8-9-10-11-12-13-14-15-16-17-18-22-25-30(4-2)26-28(29)27-23-20-19-21-24-27/h19-21,23-24H,3-18,22,25-26H2,1-2H3/q+1. The fraction of sp³-hybridized carbons (Fsp3) is 0.750. The number of rotatable bonds is 21. The number of hydrogen-bond acceptors (Lipinski definition) is 1. The minimum atomic E-state index is 0.271. The Hall–Kier alpha value is -0.760. The normalized spacial score (nSPS) is 12.2. The molecule has 0 aliphatic heterocycles. The molecule has 1 unspecified atom stereocenters. The van der Waals surface area contributed by atoms with Crippen molar-refractivity contribution in [1.82, 2.24) is 0 Å². The van der Waals surface area contributed by atoms with E-state index in [2.05, 4.69) is 13.8 Å². The number of benzene rings is 1. The second-order valence-electron chi connectivity index (χ2n) is 8.84. The molecule has 0 aromatic heterocycles. The number of carbonyl (C=O) groups is 1. The zero-order valence-electron chi connectivity index (χ0n) is 20.1. The van der Waals surface area contributed by atoms with Gasteiger partial charge in [0.25, 0.3) is 0 Å². The third-order valence-electron chi connectivity index (χ3n) is 6.13. The lowest BCUT2D eigenvalue weighted by atomic mass is 10.0. The Labute approximate surface area is 191 Å². The molecular formula is C28H49OS+. The van der Waals surface area contributed by atoms with Crippen molar-refractivity contribution >= 4 is 16.7 Å². The topological polar surface area (TPSA) is 17.1 Å². The quantitative estimate of drug-likeness (QED) is 0.107. The first kappa shape index (κ1) is 27.3. The third-order valence-corrected chi connectivity index (χ3v) is 8.48. The van der Waals surface area contributed by atoms with Crippen molar-refractivity contribution in [1.29, 1.82) is 0 Å². The van der Waals surface area contributed by atoms with Crippen LogP contribution in [-0.2, 0) is 10.9 Å². The molecule has 0 fully saturated rings. The Morgan fingerprint density at radius 1 is 0.633 bits per heavy atom. The van der Waals surface area contributed by atoms with E-state index in [0.717, 1.165) is 17.1 Å². The molecule has 0 spiro atoms. The lowest BCUT2D eigenvalue weighted by Gasteiger charge is -2.07. The van der Waals surface area contributed by atoms with Gasteiger partial charge in [-0.05, 0) is 30.7 Å². The highest BCUT2D eigenvalue weighted by atomic mass is 32.2. The van der Waals surface area contributed by atoms with Crippen LogP contribution in [-0.4, -0.2) is 23.0 Å². The number of hydrogen-bond donors (Lipinski definition) is 0. The summed E-state index contributed by atoms with van der Waals surface area (Å²) < 4.78 is 0. The van der Waals surface area contributed by atoms with Crippen molar-refractivity contribution in [3.8, 4) is 0 Å². The molecule has 172 valence electrons. The first-order valence-corrected chi connectivity index (χ1v) is 14.7. The molecule has 2 heteroatoms. The molecule has 1 nitrogen and oxygen atoms in total. The van der Waals surface area contributed by atoms with Gasteiger partial charge in [-0.2, -0.15) is 0 Å². The maximum absolute atomic E-state index is 12.4. The molecule has 0 saturated heterocycles. The van der Waals surface area contributed by atoms with Gasteiger partial charge in [-0.15, -0.1) is 0 Å². The first-order chi connectivity index (χ1) is 14.8. The average molecular weight is 434 g/mol. The Bertz CT molecular complexity index is 499. The molecule has 0 amide bonds. The molecule has 0 heterocycles. The van der Waals surface area contributed by atoms with Crippen LogP contribution in [0.3, 0.4) is 0 Å². The van der Waals surface area contributed by atoms with Crippen LogP contribution in [0.4, 0.5) is 0 Å². The van der Waals surface area contributed by atoms with E-state index >= 15 is 0 Å². The molecule has 1 rings (SSSR count). The van der Waals surface area contributed by atoms with Gasteiger partial charge in [0.1, 0.15) is 11.5 Å². The Morgan fingerprint density at radius 3 is 1.50 bits per heavy atom. The van der Waals surface area contributed by atoms with Crippen LogP contribution < -0.4 is 0 Å². The van der Waals surface area contributed by atoms with Gasteiger partial charge >= 0.3 is 0 Å². The van der Waals surface area contributed by atoms with Crippen LogP contribution in [0.25, 0.3) is 0 Å². The molecule has 0 aliphatic rings. The van der Waals surface area contributed by atoms with E-state index in [1.807, 2.05) is 30.3 Å². The third kappa shape index (κ3) is 15.1. The van der Waals surface area contributed by atoms with Crippen molar-refractivity contribution in [3.05, 3.63) is 35.9 Å². The van der Waals surface area contributed by atoms with Crippen LogP contribution in [0.1, 0.15) is 127 Å². The van der Waals surface area contributed by atoms with Gasteiger partial charge in [0.2, 0.25) is 5.78 Å². The fourth-order valence-corrected chi connectivity index (χ4v) is 5.85. The molecule has 0 N–H and O–H groups in total. The fourth-order valence-electron chi connectivity index (χ4n) is 4.07. The maximum Gasteiger partial charge on any atom is 0.211 e. The summed E-state index contributed by atoms with van der Waals surface area (Å²) in [6, 6.07) is 9.81. The lowest BCUT2D eigenvalue weighted by molar-refractivity contribution is 0.102. The minimum Gasteiger partial charge on any atom is -0.289 e. The van der Waals surface area contributed by atoms with Gasteiger partial charge in [-0.1, -0.05) is 127 Å². The summed E-state index contributed by atoms with van der Waals surface area (Å²) in [6.07, 6.45) is 22.7. The largest absolute Gasteiger partial charge is 0.289 e. The molecule has 1 atom stereocenters. The van der Waals surface area contributed by atoms with E-state index in [1.54, 1.807) is 0 Å². The summed E-state index contributed by atoms with van der Waals surface area (Å²) in [5, 5.41) is 0. The van der Waals surface area contributed by atoms with Gasteiger partial charge in [0.15, 0.2) is 5.75 Å². The first-order valence-electron chi connectivity index (χ1n) is 13.0. The van der Waals surface area contributed by atoms with Crippen molar-refractivity contribution in [2.45, 2.75) is 117 Å². The molecule has 0 bridgehead atoms. The summed E-state index contributed by atoms with van der Waals surface area (Å²) in [6.45, 7) is 4.54. The van der Waals surface area contributed by atoms with E-state index < -0.39 is 0 Å². The second kappa shape index (κ2) is 20.2. The minimum absolute atomic E-state index is 0.271. The average Bonchev–Trinajstić information content (AvgIpc) is 2.78. The number of unbranched alkanes of at least 4 members (excludes halogenated alkanes) is 15. The summed E-state index contributed by atoms with van der Waals surface area (Å²) in [4.78, 5) is 12.4. The SMILES string of the molecule is CCCCCCCCCCCCCCCCCC[S+](CC)CC(=O)c1ccccc1. The summed E-state index contributed by atoms with van der Waals surface area (Å²) >= 11 is 0. The molecule has 0 aliphatic carbocycles. The van der Waals surface area contributed by atoms with Crippen LogP contribution >= 0.6 is 0 Å². The zero-order chi connectivity index (χ0) is 21.7. The van der Waals surface area contributed by atoms with Crippen molar-refractivity contribution in [2.24, 2.45) is 0 Å². The van der Waals surface area contributed by atoms with Crippen LogP contribution in [0, 0.1) is 0 Å². The van der Waals surface area contributed by atoms with E-state index in [1.165, 1.54) is 108 Å². The number of carbonyl (C=O) groups excluding carboxylic acids is 1. The van der Waals surface area contributed by atoms with E-state index in [0.29, 0.717) is 5.78 Å². The van der Waals surface area contributed by atoms with Gasteiger partial charge in [-0.3, -0.25) is 4.79 Å². The van der Waals surface area contributed by atoms with Crippen molar-refractivity contribution in [2.75, 3.05) is 17.3 Å². The summed E-state index contributed by atoms with van der Waals surface area (Å²) in [5.74, 6) is 3.47. The van der Waals surface area contributed by atoms with Crippen LogP contribution in [0.2, 0.25) is 0 Å². The Balaban J connectivity index is 1.87. The summed E-state index contributed by atoms with van der Waals surface area (Å²) in [7, 11) is 0.271. The predicted octanol–water partition coefficient (Wildman–Crippen LogP) is 8.77. The van der Waals surface area contributed by atoms with Crippen molar-refractivity contribution in [3.63, 3.8) is 0 Å². The van der Waals surface area contributed by atoms with Crippen LogP contribution in [0.15, 0.2) is 30.3 Å². The zero-order valence-corrected chi connectivity index (χ0v) is 21.0. The van der Waals surface area contributed by atoms with E-state index in [4.69, 9.17) is 0 Å². The molecule has 1 aromatic rings. The molecule has 30 heavy (non-hydrogen) atoms. The molecule has 1 aromatic carbocycles. The lowest BCUT2D eigenvalue weighted by Crippen LogP contribution is -2.21. The Morgan fingerprint density at radius 2 is 1.07 bits per heavy atom. The predicted molar refractivity (Wildman–Crippen MR) is 138 cm³/mol. The molecular weight excluding hydrogens is 384 g/mol. The Kier molecular flexibility index (Phi) is 18.3. The number of Topliss-reactive ketones (excluding diaryl/α,β-unsaturated/α-hetero) is 1. The monoisotopic (exact) mass is 433 g/mol. The highest BCUT2D eigenvalue weighted by Gasteiger charge is 2.20. The van der Waals surface area contributed by atoms with E-state index in [-0.39, 0.29) is 10.9 Å². The van der Waals surface area contributed by atoms with Gasteiger partial charge in [-0.25, -0.2) is 0 Å². The van der Waals surface area contributed by atoms with E-state index in [9.17, 15) is 4.79 Å². The van der Waals surface area contributed by atoms with Gasteiger partial charge < -0.3 is 0 Å². The van der Waals surface area contributed by atoms with Crippen LogP contribution in [0.5, 0.6) is 0 Å². The van der Waals surface area contributed by atoms with Crippen molar-refractivity contribution < 1.29 is 4.79 Å². The smallest absolute Gasteiger partial charge is 0.211 e. The maximum atomic E-state index is 12.4.